The molecule has 1 aromatic rings. The van der Waals surface area contributed by atoms with Gasteiger partial charge in [0, 0.05) is 12.6 Å². The molecule has 1 aliphatic rings. The van der Waals surface area contributed by atoms with E-state index < -0.39 is 0 Å². The van der Waals surface area contributed by atoms with Crippen LogP contribution in [0.5, 0.6) is 0 Å². The predicted molar refractivity (Wildman–Crippen MR) is 83.8 cm³/mol. The maximum absolute atomic E-state index is 10.3. The summed E-state index contributed by atoms with van der Waals surface area (Å²) in [6, 6.07) is 10.6. The first kappa shape index (κ1) is 15.5. The standard InChI is InChI=1S/C17H28N2O/c1-3-11-19-12-9-16(10-13-19)18(2)14-17(20)15-7-5-4-6-8-15/h4-8,16-17,20H,3,9-14H2,1-2H3/t17-/m0/s1. The first-order valence-electron chi connectivity index (χ1n) is 7.86. The van der Waals surface area contributed by atoms with Gasteiger partial charge in [0.05, 0.1) is 6.10 Å². The molecule has 2 rings (SSSR count). The van der Waals surface area contributed by atoms with Crippen molar-refractivity contribution in [3.63, 3.8) is 0 Å². The van der Waals surface area contributed by atoms with E-state index >= 15 is 0 Å². The van der Waals surface area contributed by atoms with Crippen LogP contribution in [0, 0.1) is 0 Å². The minimum Gasteiger partial charge on any atom is -0.387 e. The third-order valence-corrected chi connectivity index (χ3v) is 4.37. The summed E-state index contributed by atoms with van der Waals surface area (Å²) in [4.78, 5) is 4.89. The number of likely N-dealkylation sites (tertiary alicyclic amines) is 1. The van der Waals surface area contributed by atoms with Gasteiger partial charge in [0.25, 0.3) is 0 Å². The lowest BCUT2D eigenvalue weighted by Gasteiger charge is -2.37. The van der Waals surface area contributed by atoms with Gasteiger partial charge in [0.1, 0.15) is 0 Å². The van der Waals surface area contributed by atoms with Crippen LogP contribution in [-0.4, -0.2) is 54.2 Å². The third-order valence-electron chi connectivity index (χ3n) is 4.37. The van der Waals surface area contributed by atoms with Gasteiger partial charge in [-0.25, -0.2) is 0 Å². The van der Waals surface area contributed by atoms with Gasteiger partial charge in [0.2, 0.25) is 0 Å². The monoisotopic (exact) mass is 276 g/mol. The number of benzene rings is 1. The van der Waals surface area contributed by atoms with Crippen LogP contribution < -0.4 is 0 Å². The maximum Gasteiger partial charge on any atom is 0.0916 e. The van der Waals surface area contributed by atoms with Crippen molar-refractivity contribution in [3.8, 4) is 0 Å². The van der Waals surface area contributed by atoms with Gasteiger partial charge in [-0.05, 0) is 51.5 Å². The molecule has 0 spiro atoms. The second-order valence-electron chi connectivity index (χ2n) is 5.94. The second kappa shape index (κ2) is 7.77. The molecule has 1 fully saturated rings. The summed E-state index contributed by atoms with van der Waals surface area (Å²) in [6.45, 7) is 6.59. The number of aliphatic hydroxyl groups excluding tert-OH is 1. The average Bonchev–Trinajstić information content (AvgIpc) is 2.49. The third kappa shape index (κ3) is 4.30. The Morgan fingerprint density at radius 3 is 2.50 bits per heavy atom. The summed E-state index contributed by atoms with van der Waals surface area (Å²) in [5.74, 6) is 0. The van der Waals surface area contributed by atoms with Crippen molar-refractivity contribution in [2.75, 3.05) is 33.2 Å². The lowest BCUT2D eigenvalue weighted by Crippen LogP contribution is -2.44. The van der Waals surface area contributed by atoms with E-state index in [0.717, 1.165) is 12.1 Å². The molecule has 0 aromatic heterocycles. The van der Waals surface area contributed by atoms with E-state index in [9.17, 15) is 5.11 Å². The smallest absolute Gasteiger partial charge is 0.0916 e. The van der Waals surface area contributed by atoms with E-state index in [-0.39, 0.29) is 6.10 Å². The minimum atomic E-state index is -0.380. The van der Waals surface area contributed by atoms with Crippen LogP contribution in [0.3, 0.4) is 0 Å². The Morgan fingerprint density at radius 1 is 1.25 bits per heavy atom. The van der Waals surface area contributed by atoms with Crippen LogP contribution >= 0.6 is 0 Å². The topological polar surface area (TPSA) is 26.7 Å². The van der Waals surface area contributed by atoms with Crippen molar-refractivity contribution in [2.24, 2.45) is 0 Å². The number of hydrogen-bond acceptors (Lipinski definition) is 3. The molecule has 1 heterocycles. The fourth-order valence-corrected chi connectivity index (χ4v) is 3.10. The summed E-state index contributed by atoms with van der Waals surface area (Å²) >= 11 is 0. The van der Waals surface area contributed by atoms with E-state index in [1.807, 2.05) is 30.3 Å². The molecule has 0 amide bonds. The molecule has 3 heteroatoms. The Morgan fingerprint density at radius 2 is 1.90 bits per heavy atom. The maximum atomic E-state index is 10.3. The van der Waals surface area contributed by atoms with E-state index in [1.54, 1.807) is 0 Å². The van der Waals surface area contributed by atoms with Gasteiger partial charge >= 0.3 is 0 Å². The molecule has 3 nitrogen and oxygen atoms in total. The van der Waals surface area contributed by atoms with Crippen LogP contribution in [0.25, 0.3) is 0 Å². The summed E-state index contributed by atoms with van der Waals surface area (Å²) in [7, 11) is 2.15. The number of rotatable bonds is 6. The predicted octanol–water partition coefficient (Wildman–Crippen LogP) is 2.53. The molecular weight excluding hydrogens is 248 g/mol. The highest BCUT2D eigenvalue weighted by Crippen LogP contribution is 2.19. The molecule has 1 atom stereocenters. The number of likely N-dealkylation sites (N-methyl/N-ethyl adjacent to an activating group) is 1. The Kier molecular flexibility index (Phi) is 6.02. The molecule has 112 valence electrons. The van der Waals surface area contributed by atoms with Gasteiger partial charge in [-0.2, -0.15) is 0 Å². The number of nitrogens with zero attached hydrogens (tertiary/aromatic N) is 2. The molecule has 0 unspecified atom stereocenters. The Balaban J connectivity index is 1.79. The van der Waals surface area contributed by atoms with Crippen molar-refractivity contribution >= 4 is 0 Å². The summed E-state index contributed by atoms with van der Waals surface area (Å²) in [6.07, 6.45) is 3.30. The molecule has 1 N–H and O–H groups in total. The lowest BCUT2D eigenvalue weighted by atomic mass is 10.0. The molecular formula is C17H28N2O. The lowest BCUT2D eigenvalue weighted by molar-refractivity contribution is 0.0736. The SMILES string of the molecule is CCCN1CCC(N(C)C[C@H](O)c2ccccc2)CC1. The van der Waals surface area contributed by atoms with Gasteiger partial charge in [-0.1, -0.05) is 37.3 Å². The van der Waals surface area contributed by atoms with Crippen LogP contribution in [0.1, 0.15) is 37.9 Å². The second-order valence-corrected chi connectivity index (χ2v) is 5.94. The normalized spacial score (nSPS) is 19.4. The summed E-state index contributed by atoms with van der Waals surface area (Å²) in [5, 5.41) is 10.3. The van der Waals surface area contributed by atoms with E-state index in [0.29, 0.717) is 6.04 Å². The van der Waals surface area contributed by atoms with Gasteiger partial charge in [-0.15, -0.1) is 0 Å². The van der Waals surface area contributed by atoms with Crippen LogP contribution in [0.4, 0.5) is 0 Å². The number of aliphatic hydroxyl groups is 1. The van der Waals surface area contributed by atoms with Crippen molar-refractivity contribution in [1.82, 2.24) is 9.80 Å². The molecule has 1 aliphatic heterocycles. The number of piperidine rings is 1. The average molecular weight is 276 g/mol. The van der Waals surface area contributed by atoms with Crippen LogP contribution in [-0.2, 0) is 0 Å². The van der Waals surface area contributed by atoms with E-state index in [1.165, 1.54) is 38.9 Å². The van der Waals surface area contributed by atoms with Crippen molar-refractivity contribution in [3.05, 3.63) is 35.9 Å². The first-order chi connectivity index (χ1) is 9.70. The van der Waals surface area contributed by atoms with E-state index in [2.05, 4.69) is 23.8 Å². The summed E-state index contributed by atoms with van der Waals surface area (Å²) in [5.41, 5.74) is 1.02. The Bertz CT molecular complexity index is 374. The molecule has 1 saturated heterocycles. The Labute approximate surface area is 123 Å². The highest BCUT2D eigenvalue weighted by atomic mass is 16.3. The highest BCUT2D eigenvalue weighted by molar-refractivity contribution is 5.17. The summed E-state index contributed by atoms with van der Waals surface area (Å²) < 4.78 is 0. The van der Waals surface area contributed by atoms with Crippen molar-refractivity contribution in [1.29, 1.82) is 0 Å². The van der Waals surface area contributed by atoms with Gasteiger partial charge in [-0.3, -0.25) is 0 Å². The highest BCUT2D eigenvalue weighted by Gasteiger charge is 2.23. The quantitative estimate of drug-likeness (QED) is 0.865. The van der Waals surface area contributed by atoms with Gasteiger partial charge < -0.3 is 14.9 Å². The fraction of sp³-hybridized carbons (Fsp3) is 0.647. The molecule has 20 heavy (non-hydrogen) atoms. The zero-order chi connectivity index (χ0) is 14.4. The molecule has 1 aromatic carbocycles. The van der Waals surface area contributed by atoms with Gasteiger partial charge in [0.15, 0.2) is 0 Å². The van der Waals surface area contributed by atoms with Crippen molar-refractivity contribution in [2.45, 2.75) is 38.3 Å². The largest absolute Gasteiger partial charge is 0.387 e. The fourth-order valence-electron chi connectivity index (χ4n) is 3.10. The zero-order valence-electron chi connectivity index (χ0n) is 12.8. The molecule has 0 aliphatic carbocycles. The molecule has 0 radical (unpaired) electrons. The van der Waals surface area contributed by atoms with Crippen LogP contribution in [0.15, 0.2) is 30.3 Å². The zero-order valence-corrected chi connectivity index (χ0v) is 12.8. The Hall–Kier alpha value is -0.900. The van der Waals surface area contributed by atoms with Crippen molar-refractivity contribution < 1.29 is 5.11 Å². The van der Waals surface area contributed by atoms with Crippen LogP contribution in [0.2, 0.25) is 0 Å². The van der Waals surface area contributed by atoms with E-state index in [4.69, 9.17) is 0 Å². The minimum absolute atomic E-state index is 0.380. The molecule has 0 bridgehead atoms. The number of hydrogen-bond donors (Lipinski definition) is 1. The first-order valence-corrected chi connectivity index (χ1v) is 7.86. The molecule has 0 saturated carbocycles.